The van der Waals surface area contributed by atoms with Gasteiger partial charge in [0.25, 0.3) is 0 Å². The molecular weight excluding hydrogens is 334 g/mol. The van der Waals surface area contributed by atoms with Gasteiger partial charge in [0.2, 0.25) is 5.91 Å². The molecule has 3 nitrogen and oxygen atoms in total. The molecule has 0 saturated heterocycles. The second-order valence-corrected chi connectivity index (χ2v) is 7.37. The van der Waals surface area contributed by atoms with Crippen LogP contribution < -0.4 is 5.32 Å². The van der Waals surface area contributed by atoms with Crippen molar-refractivity contribution in [2.45, 2.75) is 25.2 Å². The van der Waals surface area contributed by atoms with Gasteiger partial charge in [-0.15, -0.1) is 0 Å². The minimum atomic E-state index is -0.00233. The normalized spacial score (nSPS) is 16.2. The summed E-state index contributed by atoms with van der Waals surface area (Å²) in [4.78, 5) is 12.6. The zero-order valence-corrected chi connectivity index (χ0v) is 15.3. The van der Waals surface area contributed by atoms with Crippen molar-refractivity contribution in [3.63, 3.8) is 0 Å². The van der Waals surface area contributed by atoms with E-state index in [2.05, 4.69) is 17.4 Å². The maximum absolute atomic E-state index is 12.6. The number of benzene rings is 2. The van der Waals surface area contributed by atoms with Crippen LogP contribution in [0, 0.1) is 5.41 Å². The lowest BCUT2D eigenvalue weighted by Gasteiger charge is -2.20. The Kier molecular flexibility index (Phi) is 5.77. The molecule has 132 valence electrons. The van der Waals surface area contributed by atoms with Crippen molar-refractivity contribution in [2.75, 3.05) is 20.3 Å². The molecule has 0 unspecified atom stereocenters. The number of rotatable bonds is 8. The maximum Gasteiger partial charge on any atom is 0.220 e. The molecule has 1 atom stereocenters. The van der Waals surface area contributed by atoms with E-state index in [0.717, 1.165) is 24.0 Å². The predicted octanol–water partition coefficient (Wildman–Crippen LogP) is 4.40. The minimum Gasteiger partial charge on any atom is -0.384 e. The zero-order chi connectivity index (χ0) is 17.7. The summed E-state index contributed by atoms with van der Waals surface area (Å²) >= 11 is 6.16. The maximum atomic E-state index is 12.6. The van der Waals surface area contributed by atoms with Gasteiger partial charge in [0.15, 0.2) is 0 Å². The third kappa shape index (κ3) is 4.83. The summed E-state index contributed by atoms with van der Waals surface area (Å²) in [5.74, 6) is 0.0636. The Balaban J connectivity index is 1.71. The Labute approximate surface area is 154 Å². The number of hydrogen-bond acceptors (Lipinski definition) is 2. The number of ether oxygens (including phenoxy) is 1. The van der Waals surface area contributed by atoms with E-state index in [1.165, 1.54) is 0 Å². The molecule has 0 bridgehead atoms. The molecule has 1 amide bonds. The van der Waals surface area contributed by atoms with Crippen LogP contribution >= 0.6 is 11.6 Å². The summed E-state index contributed by atoms with van der Waals surface area (Å²) in [5, 5.41) is 3.79. The fourth-order valence-corrected chi connectivity index (χ4v) is 3.43. The summed E-state index contributed by atoms with van der Waals surface area (Å²) < 4.78 is 5.27. The highest BCUT2D eigenvalue weighted by molar-refractivity contribution is 6.30. The molecule has 1 aliphatic carbocycles. The molecular formula is C21H24ClNO2. The van der Waals surface area contributed by atoms with Crippen molar-refractivity contribution in [3.05, 3.63) is 70.7 Å². The molecule has 3 rings (SSSR count). The second-order valence-electron chi connectivity index (χ2n) is 6.93. The van der Waals surface area contributed by atoms with Crippen LogP contribution in [0.25, 0.3) is 0 Å². The van der Waals surface area contributed by atoms with Gasteiger partial charge in [-0.2, -0.15) is 0 Å². The molecule has 0 aromatic heterocycles. The fraction of sp³-hybridized carbons (Fsp3) is 0.381. The first-order valence-electron chi connectivity index (χ1n) is 8.68. The van der Waals surface area contributed by atoms with Crippen LogP contribution in [0.2, 0.25) is 5.02 Å². The number of methoxy groups -OCH3 is 1. The van der Waals surface area contributed by atoms with Gasteiger partial charge >= 0.3 is 0 Å². The lowest BCUT2D eigenvalue weighted by Crippen LogP contribution is -2.33. The van der Waals surface area contributed by atoms with E-state index >= 15 is 0 Å². The SMILES string of the molecule is COCC1(CNC(=O)C[C@H](c2ccccc2)c2cccc(Cl)c2)CC1. The van der Waals surface area contributed by atoms with Crippen LogP contribution in [0.5, 0.6) is 0 Å². The van der Waals surface area contributed by atoms with Gasteiger partial charge in [-0.3, -0.25) is 4.79 Å². The molecule has 0 aliphatic heterocycles. The van der Waals surface area contributed by atoms with Crippen molar-refractivity contribution >= 4 is 17.5 Å². The average molecular weight is 358 g/mol. The molecule has 1 aliphatic rings. The third-order valence-electron chi connectivity index (χ3n) is 4.91. The molecule has 0 radical (unpaired) electrons. The quantitative estimate of drug-likeness (QED) is 0.760. The molecule has 0 spiro atoms. The summed E-state index contributed by atoms with van der Waals surface area (Å²) in [6.07, 6.45) is 2.66. The highest BCUT2D eigenvalue weighted by atomic mass is 35.5. The van der Waals surface area contributed by atoms with E-state index in [-0.39, 0.29) is 17.2 Å². The van der Waals surface area contributed by atoms with E-state index in [1.54, 1.807) is 7.11 Å². The van der Waals surface area contributed by atoms with Crippen LogP contribution in [0.1, 0.15) is 36.3 Å². The second kappa shape index (κ2) is 8.03. The minimum absolute atomic E-state index is 0.00233. The smallest absolute Gasteiger partial charge is 0.220 e. The van der Waals surface area contributed by atoms with Crippen LogP contribution in [-0.2, 0) is 9.53 Å². The Morgan fingerprint density at radius 1 is 1.16 bits per heavy atom. The molecule has 4 heteroatoms. The lowest BCUT2D eigenvalue weighted by atomic mass is 9.88. The highest BCUT2D eigenvalue weighted by Crippen LogP contribution is 2.45. The number of hydrogen-bond donors (Lipinski definition) is 1. The monoisotopic (exact) mass is 357 g/mol. The van der Waals surface area contributed by atoms with Crippen molar-refractivity contribution in [1.82, 2.24) is 5.32 Å². The molecule has 1 saturated carbocycles. The predicted molar refractivity (Wildman–Crippen MR) is 101 cm³/mol. The largest absolute Gasteiger partial charge is 0.384 e. The lowest BCUT2D eigenvalue weighted by molar-refractivity contribution is -0.121. The highest BCUT2D eigenvalue weighted by Gasteiger charge is 2.42. The summed E-state index contributed by atoms with van der Waals surface area (Å²) in [5.41, 5.74) is 2.34. The van der Waals surface area contributed by atoms with Crippen molar-refractivity contribution in [2.24, 2.45) is 5.41 Å². The summed E-state index contributed by atoms with van der Waals surface area (Å²) in [7, 11) is 1.71. The Bertz CT molecular complexity index is 713. The van der Waals surface area contributed by atoms with Crippen molar-refractivity contribution < 1.29 is 9.53 Å². The van der Waals surface area contributed by atoms with Crippen LogP contribution in [0.15, 0.2) is 54.6 Å². The molecule has 1 N–H and O–H groups in total. The first-order chi connectivity index (χ1) is 12.1. The van der Waals surface area contributed by atoms with E-state index in [1.807, 2.05) is 42.5 Å². The van der Waals surface area contributed by atoms with Gasteiger partial charge in [0, 0.05) is 36.4 Å². The number of amides is 1. The van der Waals surface area contributed by atoms with Crippen molar-refractivity contribution in [1.29, 1.82) is 0 Å². The average Bonchev–Trinajstić information content (AvgIpc) is 3.39. The number of carbonyl (C=O) groups excluding carboxylic acids is 1. The van der Waals surface area contributed by atoms with E-state index in [0.29, 0.717) is 24.6 Å². The van der Waals surface area contributed by atoms with E-state index in [4.69, 9.17) is 16.3 Å². The molecule has 2 aromatic carbocycles. The van der Waals surface area contributed by atoms with Gasteiger partial charge in [-0.05, 0) is 36.1 Å². The van der Waals surface area contributed by atoms with Gasteiger partial charge in [0.05, 0.1) is 6.61 Å². The van der Waals surface area contributed by atoms with Gasteiger partial charge in [0.1, 0.15) is 0 Å². The zero-order valence-electron chi connectivity index (χ0n) is 14.5. The standard InChI is InChI=1S/C21H24ClNO2/c1-25-15-21(10-11-21)14-23-20(24)13-19(16-6-3-2-4-7-16)17-8-5-9-18(22)12-17/h2-9,12,19H,10-11,13-15H2,1H3,(H,23,24)/t19-/m1/s1. The van der Waals surface area contributed by atoms with Crippen molar-refractivity contribution in [3.8, 4) is 0 Å². The third-order valence-corrected chi connectivity index (χ3v) is 5.15. The number of nitrogens with one attached hydrogen (secondary N) is 1. The molecule has 0 heterocycles. The summed E-state index contributed by atoms with van der Waals surface area (Å²) in [6, 6.07) is 17.9. The van der Waals surface area contributed by atoms with Crippen LogP contribution in [0.4, 0.5) is 0 Å². The topological polar surface area (TPSA) is 38.3 Å². The molecule has 1 fully saturated rings. The Morgan fingerprint density at radius 3 is 2.52 bits per heavy atom. The first-order valence-corrected chi connectivity index (χ1v) is 9.06. The van der Waals surface area contributed by atoms with Crippen LogP contribution in [0.3, 0.4) is 0 Å². The summed E-state index contributed by atoms with van der Waals surface area (Å²) in [6.45, 7) is 1.40. The van der Waals surface area contributed by atoms with Gasteiger partial charge < -0.3 is 10.1 Å². The van der Waals surface area contributed by atoms with E-state index < -0.39 is 0 Å². The molecule has 25 heavy (non-hydrogen) atoms. The van der Waals surface area contributed by atoms with Gasteiger partial charge in [-0.1, -0.05) is 54.1 Å². The van der Waals surface area contributed by atoms with Gasteiger partial charge in [-0.25, -0.2) is 0 Å². The first kappa shape index (κ1) is 18.0. The van der Waals surface area contributed by atoms with E-state index in [9.17, 15) is 4.79 Å². The van der Waals surface area contributed by atoms with Crippen LogP contribution in [-0.4, -0.2) is 26.2 Å². The number of carbonyl (C=O) groups is 1. The fourth-order valence-electron chi connectivity index (χ4n) is 3.24. The number of halogens is 1. The Morgan fingerprint density at radius 2 is 1.88 bits per heavy atom. The molecule has 2 aromatic rings. The Hall–Kier alpha value is -1.84.